The van der Waals surface area contributed by atoms with Crippen LogP contribution in [0.3, 0.4) is 0 Å². The van der Waals surface area contributed by atoms with Crippen molar-refractivity contribution in [3.8, 4) is 0 Å². The smallest absolute Gasteiger partial charge is 0.0591 e. The number of aliphatic hydroxyl groups excluding tert-OH is 1. The van der Waals surface area contributed by atoms with Crippen molar-refractivity contribution in [2.24, 2.45) is 5.41 Å². The molecule has 1 aliphatic rings. The molecule has 1 saturated carbocycles. The van der Waals surface area contributed by atoms with Crippen LogP contribution in [0.5, 0.6) is 0 Å². The monoisotopic (exact) mass is 114 g/mol. The van der Waals surface area contributed by atoms with Gasteiger partial charge in [-0.05, 0) is 24.7 Å². The Morgan fingerprint density at radius 3 is 2.25 bits per heavy atom. The molecule has 0 spiro atoms. The Kier molecular flexibility index (Phi) is 1.31. The molecule has 0 saturated heterocycles. The van der Waals surface area contributed by atoms with Crippen LogP contribution in [0.1, 0.15) is 33.1 Å². The molecule has 0 heterocycles. The maximum absolute atomic E-state index is 9.26. The molecule has 0 aromatic heterocycles. The van der Waals surface area contributed by atoms with Crippen molar-refractivity contribution in [2.75, 3.05) is 0 Å². The van der Waals surface area contributed by atoms with Crippen LogP contribution in [-0.2, 0) is 0 Å². The van der Waals surface area contributed by atoms with Gasteiger partial charge in [-0.3, -0.25) is 0 Å². The second kappa shape index (κ2) is 1.73. The van der Waals surface area contributed by atoms with Gasteiger partial charge in [-0.1, -0.05) is 13.8 Å². The summed E-state index contributed by atoms with van der Waals surface area (Å²) in [6.45, 7) is 4.19. The van der Waals surface area contributed by atoms with E-state index in [4.69, 9.17) is 0 Å². The molecule has 0 bridgehead atoms. The second-order valence-electron chi connectivity index (χ2n) is 3.08. The fourth-order valence-corrected chi connectivity index (χ4v) is 1.02. The summed E-state index contributed by atoms with van der Waals surface area (Å²) in [6.07, 6.45) is 3.32. The van der Waals surface area contributed by atoms with Crippen LogP contribution in [0, 0.1) is 5.41 Å². The van der Waals surface area contributed by atoms with E-state index in [0.29, 0.717) is 5.41 Å². The summed E-state index contributed by atoms with van der Waals surface area (Å²) in [5.41, 5.74) is 0.314. The first-order valence-corrected chi connectivity index (χ1v) is 3.37. The highest BCUT2D eigenvalue weighted by Crippen LogP contribution is 2.48. The van der Waals surface area contributed by atoms with E-state index in [-0.39, 0.29) is 6.10 Å². The maximum Gasteiger partial charge on any atom is 0.0591 e. The second-order valence-corrected chi connectivity index (χ2v) is 3.08. The molecular formula is C7H14O. The van der Waals surface area contributed by atoms with Crippen molar-refractivity contribution in [1.29, 1.82) is 0 Å². The van der Waals surface area contributed by atoms with Crippen LogP contribution >= 0.6 is 0 Å². The van der Waals surface area contributed by atoms with Gasteiger partial charge in [-0.2, -0.15) is 0 Å². The zero-order valence-corrected chi connectivity index (χ0v) is 5.65. The Balaban J connectivity index is 2.34. The Morgan fingerprint density at radius 1 is 1.62 bits per heavy atom. The largest absolute Gasteiger partial charge is 0.393 e. The fourth-order valence-electron chi connectivity index (χ4n) is 1.02. The third kappa shape index (κ3) is 0.873. The van der Waals surface area contributed by atoms with E-state index in [0.717, 1.165) is 6.42 Å². The van der Waals surface area contributed by atoms with Gasteiger partial charge >= 0.3 is 0 Å². The third-order valence-corrected chi connectivity index (χ3v) is 2.23. The SMILES string of the molecule is CC[C@H](O)C1(C)CC1. The van der Waals surface area contributed by atoms with Crippen molar-refractivity contribution < 1.29 is 5.11 Å². The lowest BCUT2D eigenvalue weighted by atomic mass is 10.0. The van der Waals surface area contributed by atoms with Gasteiger partial charge in [0.25, 0.3) is 0 Å². The van der Waals surface area contributed by atoms with Gasteiger partial charge < -0.3 is 5.11 Å². The van der Waals surface area contributed by atoms with Crippen molar-refractivity contribution in [3.05, 3.63) is 0 Å². The van der Waals surface area contributed by atoms with Gasteiger partial charge in [-0.15, -0.1) is 0 Å². The van der Waals surface area contributed by atoms with E-state index in [1.807, 2.05) is 6.92 Å². The molecule has 1 N–H and O–H groups in total. The van der Waals surface area contributed by atoms with E-state index < -0.39 is 0 Å². The number of hydrogen-bond donors (Lipinski definition) is 1. The highest BCUT2D eigenvalue weighted by atomic mass is 16.3. The van der Waals surface area contributed by atoms with Crippen molar-refractivity contribution in [3.63, 3.8) is 0 Å². The average Bonchev–Trinajstić information content (AvgIpc) is 2.47. The number of rotatable bonds is 2. The molecule has 1 heteroatoms. The normalized spacial score (nSPS) is 27.4. The molecule has 48 valence electrons. The molecular weight excluding hydrogens is 100 g/mol. The zero-order chi connectivity index (χ0) is 6.20. The molecule has 0 amide bonds. The van der Waals surface area contributed by atoms with Crippen LogP contribution in [-0.4, -0.2) is 11.2 Å². The molecule has 1 rings (SSSR count). The summed E-state index contributed by atoms with van der Waals surface area (Å²) < 4.78 is 0. The zero-order valence-electron chi connectivity index (χ0n) is 5.65. The van der Waals surface area contributed by atoms with Crippen LogP contribution < -0.4 is 0 Å². The topological polar surface area (TPSA) is 20.2 Å². The van der Waals surface area contributed by atoms with Gasteiger partial charge in [0, 0.05) is 0 Å². The summed E-state index contributed by atoms with van der Waals surface area (Å²) in [7, 11) is 0. The highest BCUT2D eigenvalue weighted by Gasteiger charge is 2.42. The van der Waals surface area contributed by atoms with Gasteiger partial charge in [0.05, 0.1) is 6.10 Å². The van der Waals surface area contributed by atoms with E-state index in [9.17, 15) is 5.11 Å². The van der Waals surface area contributed by atoms with E-state index in [2.05, 4.69) is 6.92 Å². The lowest BCUT2D eigenvalue weighted by Crippen LogP contribution is -2.16. The van der Waals surface area contributed by atoms with Crippen molar-refractivity contribution >= 4 is 0 Å². The molecule has 1 fully saturated rings. The van der Waals surface area contributed by atoms with Crippen molar-refractivity contribution in [2.45, 2.75) is 39.2 Å². The molecule has 1 atom stereocenters. The quantitative estimate of drug-likeness (QED) is 0.577. The third-order valence-electron chi connectivity index (χ3n) is 2.23. The average molecular weight is 114 g/mol. The van der Waals surface area contributed by atoms with Crippen molar-refractivity contribution in [1.82, 2.24) is 0 Å². The minimum atomic E-state index is -0.0394. The Hall–Kier alpha value is -0.0400. The summed E-state index contributed by atoms with van der Waals surface area (Å²) in [4.78, 5) is 0. The lowest BCUT2D eigenvalue weighted by Gasteiger charge is -2.13. The predicted molar refractivity (Wildman–Crippen MR) is 33.6 cm³/mol. The molecule has 0 aliphatic heterocycles. The first-order valence-electron chi connectivity index (χ1n) is 3.37. The first kappa shape index (κ1) is 6.09. The molecule has 0 radical (unpaired) electrons. The van der Waals surface area contributed by atoms with Crippen LogP contribution in [0.4, 0.5) is 0 Å². The highest BCUT2D eigenvalue weighted by molar-refractivity contribution is 4.93. The van der Waals surface area contributed by atoms with Crippen LogP contribution in [0.15, 0.2) is 0 Å². The van der Waals surface area contributed by atoms with Gasteiger partial charge in [0.15, 0.2) is 0 Å². The summed E-state index contributed by atoms with van der Waals surface area (Å²) >= 11 is 0. The van der Waals surface area contributed by atoms with E-state index in [1.54, 1.807) is 0 Å². The molecule has 0 aromatic rings. The lowest BCUT2D eigenvalue weighted by molar-refractivity contribution is 0.0992. The molecule has 1 nitrogen and oxygen atoms in total. The van der Waals surface area contributed by atoms with Crippen LogP contribution in [0.2, 0.25) is 0 Å². The minimum absolute atomic E-state index is 0.0394. The van der Waals surface area contributed by atoms with Gasteiger partial charge in [-0.25, -0.2) is 0 Å². The summed E-state index contributed by atoms with van der Waals surface area (Å²) in [5.74, 6) is 0. The molecule has 0 unspecified atom stereocenters. The minimum Gasteiger partial charge on any atom is -0.393 e. The van der Waals surface area contributed by atoms with E-state index in [1.165, 1.54) is 12.8 Å². The van der Waals surface area contributed by atoms with Gasteiger partial charge in [0.1, 0.15) is 0 Å². The Labute approximate surface area is 50.7 Å². The standard InChI is InChI=1S/C7H14O/c1-3-6(8)7(2)4-5-7/h6,8H,3-5H2,1-2H3/t6-/m0/s1. The van der Waals surface area contributed by atoms with Crippen LogP contribution in [0.25, 0.3) is 0 Å². The molecule has 0 aromatic carbocycles. The molecule has 1 aliphatic carbocycles. The molecule has 8 heavy (non-hydrogen) atoms. The summed E-state index contributed by atoms with van der Waals surface area (Å²) in [6, 6.07) is 0. The van der Waals surface area contributed by atoms with E-state index >= 15 is 0 Å². The maximum atomic E-state index is 9.26. The number of hydrogen-bond acceptors (Lipinski definition) is 1. The summed E-state index contributed by atoms with van der Waals surface area (Å²) in [5, 5.41) is 9.26. The Bertz CT molecular complexity index is 84.4. The van der Waals surface area contributed by atoms with Gasteiger partial charge in [0.2, 0.25) is 0 Å². The fraction of sp³-hybridized carbons (Fsp3) is 1.00. The number of aliphatic hydroxyl groups is 1. The Morgan fingerprint density at radius 2 is 2.12 bits per heavy atom. The predicted octanol–water partition coefficient (Wildman–Crippen LogP) is 1.56. The first-order chi connectivity index (χ1) is 3.69.